The Morgan fingerprint density at radius 1 is 1.41 bits per heavy atom. The fourth-order valence-electron chi connectivity index (χ4n) is 3.32. The van der Waals surface area contributed by atoms with Gasteiger partial charge in [-0.1, -0.05) is 0 Å². The van der Waals surface area contributed by atoms with Crippen molar-refractivity contribution in [3.8, 4) is 0 Å². The van der Waals surface area contributed by atoms with Crippen molar-refractivity contribution < 1.29 is 5.11 Å². The molecule has 17 heavy (non-hydrogen) atoms. The van der Waals surface area contributed by atoms with Crippen molar-refractivity contribution in [3.63, 3.8) is 0 Å². The minimum Gasteiger partial charge on any atom is -0.394 e. The van der Waals surface area contributed by atoms with Crippen LogP contribution in [0.5, 0.6) is 0 Å². The van der Waals surface area contributed by atoms with Gasteiger partial charge in [0.2, 0.25) is 0 Å². The Morgan fingerprint density at radius 3 is 3.00 bits per heavy atom. The van der Waals surface area contributed by atoms with E-state index in [2.05, 4.69) is 21.5 Å². The highest BCUT2D eigenvalue weighted by atomic mass is 16.3. The molecule has 0 bridgehead atoms. The van der Waals surface area contributed by atoms with Gasteiger partial charge in [-0.15, -0.1) is 0 Å². The van der Waals surface area contributed by atoms with Crippen molar-refractivity contribution in [2.45, 2.75) is 44.2 Å². The van der Waals surface area contributed by atoms with Gasteiger partial charge in [0, 0.05) is 11.9 Å². The highest BCUT2D eigenvalue weighted by molar-refractivity contribution is 5.14. The molecule has 1 N–H and O–H groups in total. The molecule has 0 spiro atoms. The lowest BCUT2D eigenvalue weighted by Gasteiger charge is -2.29. The molecule has 2 aliphatic heterocycles. The highest BCUT2D eigenvalue weighted by Crippen LogP contribution is 2.34. The zero-order valence-electron chi connectivity index (χ0n) is 10.5. The second-order valence-corrected chi connectivity index (χ2v) is 5.34. The molecule has 3 rings (SSSR count). The van der Waals surface area contributed by atoms with E-state index in [0.29, 0.717) is 6.04 Å². The molecule has 0 amide bonds. The normalized spacial score (nSPS) is 29.5. The number of nitrogens with zero attached hydrogens (tertiary/aromatic N) is 3. The zero-order chi connectivity index (χ0) is 11.8. The van der Waals surface area contributed by atoms with Gasteiger partial charge >= 0.3 is 0 Å². The minimum absolute atomic E-state index is 0.243. The number of hydrogen-bond acceptors (Lipinski definition) is 3. The van der Waals surface area contributed by atoms with Gasteiger partial charge in [-0.3, -0.25) is 4.90 Å². The highest BCUT2D eigenvalue weighted by Gasteiger charge is 2.31. The lowest BCUT2D eigenvalue weighted by Crippen LogP contribution is -2.27. The van der Waals surface area contributed by atoms with Gasteiger partial charge in [0.05, 0.1) is 18.7 Å². The first kappa shape index (κ1) is 11.2. The van der Waals surface area contributed by atoms with Crippen molar-refractivity contribution in [3.05, 3.63) is 17.7 Å². The molecule has 0 radical (unpaired) electrons. The summed E-state index contributed by atoms with van der Waals surface area (Å²) >= 11 is 0. The first-order valence-corrected chi connectivity index (χ1v) is 6.68. The van der Waals surface area contributed by atoms with Gasteiger partial charge in [-0.25, -0.2) is 4.98 Å². The third-order valence-corrected chi connectivity index (χ3v) is 4.27. The summed E-state index contributed by atoms with van der Waals surface area (Å²) < 4.78 is 2.32. The molecule has 4 heteroatoms. The van der Waals surface area contributed by atoms with Gasteiger partial charge in [-0.2, -0.15) is 0 Å². The molecule has 0 aliphatic carbocycles. The van der Waals surface area contributed by atoms with Gasteiger partial charge in [0.15, 0.2) is 0 Å². The summed E-state index contributed by atoms with van der Waals surface area (Å²) in [6, 6.07) is 0.709. The number of likely N-dealkylation sites (tertiary alicyclic amines) is 1. The van der Waals surface area contributed by atoms with Gasteiger partial charge < -0.3 is 9.67 Å². The number of imidazole rings is 1. The Kier molecular flexibility index (Phi) is 2.92. The standard InChI is InChI=1S/C13H21N3O/c1-15-7-3-6-12(15)13-14-8-10-4-2-5-11(9-17)16(10)13/h8,11-12,17H,2-7,9H2,1H3. The summed E-state index contributed by atoms with van der Waals surface area (Å²) in [5.74, 6) is 1.18. The van der Waals surface area contributed by atoms with Crippen molar-refractivity contribution >= 4 is 0 Å². The number of rotatable bonds is 2. The lowest BCUT2D eigenvalue weighted by molar-refractivity contribution is 0.195. The quantitative estimate of drug-likeness (QED) is 0.845. The van der Waals surface area contributed by atoms with E-state index in [0.717, 1.165) is 19.4 Å². The summed E-state index contributed by atoms with van der Waals surface area (Å²) in [6.45, 7) is 1.41. The van der Waals surface area contributed by atoms with Crippen LogP contribution in [0.3, 0.4) is 0 Å². The maximum atomic E-state index is 9.53. The molecular weight excluding hydrogens is 214 g/mol. The van der Waals surface area contributed by atoms with Crippen LogP contribution < -0.4 is 0 Å². The van der Waals surface area contributed by atoms with Crippen LogP contribution in [0.15, 0.2) is 6.20 Å². The average Bonchev–Trinajstić information content (AvgIpc) is 2.94. The van der Waals surface area contributed by atoms with Crippen molar-refractivity contribution in [2.24, 2.45) is 0 Å². The van der Waals surface area contributed by atoms with Crippen LogP contribution >= 0.6 is 0 Å². The molecule has 2 aliphatic rings. The SMILES string of the molecule is CN1CCCC1c1ncc2n1C(CO)CCC2. The maximum Gasteiger partial charge on any atom is 0.126 e. The summed E-state index contributed by atoms with van der Waals surface area (Å²) in [6.07, 6.45) is 7.85. The first-order valence-electron chi connectivity index (χ1n) is 6.68. The third-order valence-electron chi connectivity index (χ3n) is 4.27. The summed E-state index contributed by atoms with van der Waals surface area (Å²) in [5, 5.41) is 9.53. The Balaban J connectivity index is 1.97. The fraction of sp³-hybridized carbons (Fsp3) is 0.769. The predicted octanol–water partition coefficient (Wildman–Crippen LogP) is 1.52. The van der Waals surface area contributed by atoms with Gasteiger partial charge in [-0.05, 0) is 45.7 Å². The van der Waals surface area contributed by atoms with E-state index in [9.17, 15) is 5.11 Å². The van der Waals surface area contributed by atoms with E-state index in [-0.39, 0.29) is 12.6 Å². The number of fused-ring (bicyclic) bond motifs is 1. The van der Waals surface area contributed by atoms with E-state index in [1.807, 2.05) is 6.20 Å². The number of aryl methyl sites for hydroxylation is 1. The van der Waals surface area contributed by atoms with Gasteiger partial charge in [0.25, 0.3) is 0 Å². The Bertz CT molecular complexity index is 401. The second kappa shape index (κ2) is 4.42. The fourth-order valence-corrected chi connectivity index (χ4v) is 3.32. The predicted molar refractivity (Wildman–Crippen MR) is 65.9 cm³/mol. The Labute approximate surface area is 102 Å². The summed E-state index contributed by atoms with van der Waals surface area (Å²) in [5.41, 5.74) is 1.31. The molecule has 3 heterocycles. The molecule has 1 fully saturated rings. The third kappa shape index (κ3) is 1.79. The van der Waals surface area contributed by atoms with Crippen LogP contribution in [-0.2, 0) is 6.42 Å². The number of aromatic nitrogens is 2. The van der Waals surface area contributed by atoms with E-state index in [1.54, 1.807) is 0 Å². The summed E-state index contributed by atoms with van der Waals surface area (Å²) in [4.78, 5) is 7.03. The number of hydrogen-bond donors (Lipinski definition) is 1. The molecule has 4 nitrogen and oxygen atoms in total. The lowest BCUT2D eigenvalue weighted by atomic mass is 10.0. The molecule has 94 valence electrons. The molecule has 2 unspecified atom stereocenters. The van der Waals surface area contributed by atoms with E-state index >= 15 is 0 Å². The maximum absolute atomic E-state index is 9.53. The van der Waals surface area contributed by atoms with Gasteiger partial charge in [0.1, 0.15) is 5.82 Å². The first-order chi connectivity index (χ1) is 8.31. The molecule has 1 aromatic heterocycles. The average molecular weight is 235 g/mol. The van der Waals surface area contributed by atoms with Crippen LogP contribution in [0.25, 0.3) is 0 Å². The molecular formula is C13H21N3O. The number of aliphatic hydroxyl groups is 1. The molecule has 0 aromatic carbocycles. The minimum atomic E-state index is 0.243. The second-order valence-electron chi connectivity index (χ2n) is 5.34. The van der Waals surface area contributed by atoms with Crippen LogP contribution in [0.1, 0.15) is 49.3 Å². The van der Waals surface area contributed by atoms with Crippen molar-refractivity contribution in [1.82, 2.24) is 14.5 Å². The Hall–Kier alpha value is -0.870. The topological polar surface area (TPSA) is 41.3 Å². The number of aliphatic hydroxyl groups excluding tert-OH is 1. The molecule has 1 saturated heterocycles. The van der Waals surface area contributed by atoms with E-state index in [1.165, 1.54) is 30.8 Å². The zero-order valence-corrected chi connectivity index (χ0v) is 10.5. The monoisotopic (exact) mass is 235 g/mol. The van der Waals surface area contributed by atoms with Crippen molar-refractivity contribution in [1.29, 1.82) is 0 Å². The summed E-state index contributed by atoms with van der Waals surface area (Å²) in [7, 11) is 2.18. The largest absolute Gasteiger partial charge is 0.394 e. The van der Waals surface area contributed by atoms with Crippen LogP contribution in [-0.4, -0.2) is 39.8 Å². The Morgan fingerprint density at radius 2 is 2.29 bits per heavy atom. The molecule has 0 saturated carbocycles. The smallest absolute Gasteiger partial charge is 0.126 e. The van der Waals surface area contributed by atoms with E-state index in [4.69, 9.17) is 0 Å². The van der Waals surface area contributed by atoms with E-state index < -0.39 is 0 Å². The molecule has 2 atom stereocenters. The van der Waals surface area contributed by atoms with Crippen LogP contribution in [0.4, 0.5) is 0 Å². The van der Waals surface area contributed by atoms with Crippen LogP contribution in [0.2, 0.25) is 0 Å². The molecule has 1 aromatic rings. The van der Waals surface area contributed by atoms with Crippen LogP contribution in [0, 0.1) is 0 Å². The van der Waals surface area contributed by atoms with Crippen molar-refractivity contribution in [2.75, 3.05) is 20.2 Å².